The van der Waals surface area contributed by atoms with Crippen LogP contribution in [0.4, 0.5) is 8.78 Å². The number of carbonyl (C=O) groups excluding carboxylic acids is 2. The van der Waals surface area contributed by atoms with Gasteiger partial charge in [0, 0.05) is 39.2 Å². The number of piperazine rings is 1. The predicted molar refractivity (Wildman–Crippen MR) is 92.1 cm³/mol. The lowest BCUT2D eigenvalue weighted by Crippen LogP contribution is -2.49. The lowest BCUT2D eigenvalue weighted by atomic mass is 10.2. The molecule has 0 bridgehead atoms. The van der Waals surface area contributed by atoms with Crippen LogP contribution in [0.2, 0.25) is 0 Å². The normalized spacial score (nSPS) is 14.8. The van der Waals surface area contributed by atoms with Gasteiger partial charge in [-0.05, 0) is 30.7 Å². The van der Waals surface area contributed by atoms with Gasteiger partial charge in [0.1, 0.15) is 0 Å². The van der Waals surface area contributed by atoms with Crippen LogP contribution in [0.5, 0.6) is 11.5 Å². The summed E-state index contributed by atoms with van der Waals surface area (Å²) in [4.78, 5) is 26.9. The van der Waals surface area contributed by atoms with Crippen molar-refractivity contribution in [3.63, 3.8) is 0 Å². The molecule has 1 fully saturated rings. The van der Waals surface area contributed by atoms with Gasteiger partial charge in [-0.15, -0.1) is 0 Å². The average Bonchev–Trinajstić information content (AvgIpc) is 2.61. The van der Waals surface area contributed by atoms with Crippen molar-refractivity contribution in [2.75, 3.05) is 32.8 Å². The van der Waals surface area contributed by atoms with Crippen LogP contribution in [-0.4, -0.2) is 61.0 Å². The highest BCUT2D eigenvalue weighted by Crippen LogP contribution is 2.30. The minimum atomic E-state index is -2.94. The summed E-state index contributed by atoms with van der Waals surface area (Å²) in [6.45, 7) is 2.60. The van der Waals surface area contributed by atoms with Crippen molar-refractivity contribution in [2.24, 2.45) is 0 Å². The molecule has 0 N–H and O–H groups in total. The first-order valence-corrected chi connectivity index (χ1v) is 8.35. The topological polar surface area (TPSA) is 59.1 Å². The molecule has 0 unspecified atom stereocenters. The SMILES string of the molecule is CCOc1cc(C=CC(=O)N2CCN(C(C)=O)CC2)ccc1OC(F)F. The first-order chi connectivity index (χ1) is 12.4. The third-order valence-electron chi connectivity index (χ3n) is 3.94. The van der Waals surface area contributed by atoms with Crippen molar-refractivity contribution in [2.45, 2.75) is 20.5 Å². The number of rotatable bonds is 6. The standard InChI is InChI=1S/C18H22F2N2O4/c1-3-25-16-12-14(4-6-15(16)26-18(19)20)5-7-17(24)22-10-8-21(9-11-22)13(2)23/h4-7,12,18H,3,8-11H2,1-2H3. The number of benzene rings is 1. The van der Waals surface area contributed by atoms with Crippen molar-refractivity contribution in [1.82, 2.24) is 9.80 Å². The van der Waals surface area contributed by atoms with Crippen molar-refractivity contribution in [3.8, 4) is 11.5 Å². The van der Waals surface area contributed by atoms with Gasteiger partial charge in [0.15, 0.2) is 11.5 Å². The Morgan fingerprint density at radius 3 is 2.38 bits per heavy atom. The molecule has 2 rings (SSSR count). The van der Waals surface area contributed by atoms with Gasteiger partial charge in [0.25, 0.3) is 0 Å². The van der Waals surface area contributed by atoms with Crippen LogP contribution in [0.1, 0.15) is 19.4 Å². The Labute approximate surface area is 151 Å². The van der Waals surface area contributed by atoms with Crippen LogP contribution in [-0.2, 0) is 9.59 Å². The van der Waals surface area contributed by atoms with Gasteiger partial charge >= 0.3 is 6.61 Å². The number of ether oxygens (including phenoxy) is 2. The number of halogens is 2. The maximum atomic E-state index is 12.4. The van der Waals surface area contributed by atoms with Crippen LogP contribution in [0.3, 0.4) is 0 Å². The maximum absolute atomic E-state index is 12.4. The minimum absolute atomic E-state index is 0.00204. The molecular formula is C18H22F2N2O4. The molecule has 0 aromatic heterocycles. The molecule has 0 aliphatic carbocycles. The Balaban J connectivity index is 2.01. The summed E-state index contributed by atoms with van der Waals surface area (Å²) in [5, 5.41) is 0. The number of carbonyl (C=O) groups is 2. The Hall–Kier alpha value is -2.64. The minimum Gasteiger partial charge on any atom is -0.490 e. The van der Waals surface area contributed by atoms with Gasteiger partial charge in [0.2, 0.25) is 11.8 Å². The Kier molecular flexibility index (Phi) is 6.94. The summed E-state index contributed by atoms with van der Waals surface area (Å²) in [7, 11) is 0. The largest absolute Gasteiger partial charge is 0.490 e. The third kappa shape index (κ3) is 5.44. The van der Waals surface area contributed by atoms with E-state index in [1.54, 1.807) is 34.9 Å². The molecule has 1 heterocycles. The van der Waals surface area contributed by atoms with Gasteiger partial charge in [-0.2, -0.15) is 8.78 Å². The quantitative estimate of drug-likeness (QED) is 0.724. The number of alkyl halides is 2. The Morgan fingerprint density at radius 2 is 1.81 bits per heavy atom. The first kappa shape index (κ1) is 19.7. The first-order valence-electron chi connectivity index (χ1n) is 8.35. The summed E-state index contributed by atoms with van der Waals surface area (Å²) in [5.74, 6) is -0.0237. The number of hydrogen-bond acceptors (Lipinski definition) is 4. The second kappa shape index (κ2) is 9.17. The third-order valence-corrected chi connectivity index (χ3v) is 3.94. The fraction of sp³-hybridized carbons (Fsp3) is 0.444. The van der Waals surface area contributed by atoms with E-state index in [0.29, 0.717) is 38.3 Å². The lowest BCUT2D eigenvalue weighted by molar-refractivity contribution is -0.135. The molecule has 0 radical (unpaired) electrons. The summed E-state index contributed by atoms with van der Waals surface area (Å²) in [6, 6.07) is 4.49. The number of hydrogen-bond donors (Lipinski definition) is 0. The van der Waals surface area contributed by atoms with Gasteiger partial charge in [-0.25, -0.2) is 0 Å². The summed E-state index contributed by atoms with van der Waals surface area (Å²) in [6.07, 6.45) is 3.01. The highest BCUT2D eigenvalue weighted by atomic mass is 19.3. The summed E-state index contributed by atoms with van der Waals surface area (Å²) >= 11 is 0. The molecule has 1 aromatic rings. The van der Waals surface area contributed by atoms with E-state index in [0.717, 1.165) is 0 Å². The molecule has 0 spiro atoms. The van der Waals surface area contributed by atoms with E-state index < -0.39 is 6.61 Å². The average molecular weight is 368 g/mol. The molecule has 142 valence electrons. The van der Waals surface area contributed by atoms with E-state index in [4.69, 9.17) is 4.74 Å². The van der Waals surface area contributed by atoms with Crippen LogP contribution < -0.4 is 9.47 Å². The van der Waals surface area contributed by atoms with Crippen molar-refractivity contribution >= 4 is 17.9 Å². The molecule has 8 heteroatoms. The molecule has 2 amide bonds. The highest BCUT2D eigenvalue weighted by molar-refractivity contribution is 5.92. The number of nitrogens with zero attached hydrogens (tertiary/aromatic N) is 2. The van der Waals surface area contributed by atoms with Crippen molar-refractivity contribution in [1.29, 1.82) is 0 Å². The molecule has 1 aromatic carbocycles. The fourth-order valence-corrected chi connectivity index (χ4v) is 2.60. The van der Waals surface area contributed by atoms with E-state index in [1.165, 1.54) is 19.1 Å². The van der Waals surface area contributed by atoms with E-state index in [1.807, 2.05) is 0 Å². The molecule has 0 saturated carbocycles. The van der Waals surface area contributed by atoms with E-state index >= 15 is 0 Å². The Bertz CT molecular complexity index is 671. The van der Waals surface area contributed by atoms with Crippen molar-refractivity contribution < 1.29 is 27.8 Å². The van der Waals surface area contributed by atoms with Gasteiger partial charge in [-0.3, -0.25) is 9.59 Å². The zero-order valence-corrected chi connectivity index (χ0v) is 14.8. The second-order valence-corrected chi connectivity index (χ2v) is 5.68. The maximum Gasteiger partial charge on any atom is 0.387 e. The van der Waals surface area contributed by atoms with Gasteiger partial charge < -0.3 is 19.3 Å². The van der Waals surface area contributed by atoms with Crippen molar-refractivity contribution in [3.05, 3.63) is 29.8 Å². The van der Waals surface area contributed by atoms with Crippen LogP contribution >= 0.6 is 0 Å². The van der Waals surface area contributed by atoms with E-state index in [2.05, 4.69) is 4.74 Å². The summed E-state index contributed by atoms with van der Waals surface area (Å²) < 4.78 is 34.5. The molecular weight excluding hydrogens is 346 g/mol. The zero-order chi connectivity index (χ0) is 19.1. The lowest BCUT2D eigenvalue weighted by Gasteiger charge is -2.33. The molecule has 1 saturated heterocycles. The zero-order valence-electron chi connectivity index (χ0n) is 14.8. The molecule has 0 atom stereocenters. The second-order valence-electron chi connectivity index (χ2n) is 5.68. The molecule has 1 aliphatic heterocycles. The monoisotopic (exact) mass is 368 g/mol. The van der Waals surface area contributed by atoms with Gasteiger partial charge in [-0.1, -0.05) is 6.07 Å². The van der Waals surface area contributed by atoms with E-state index in [9.17, 15) is 18.4 Å². The Morgan fingerprint density at radius 1 is 1.15 bits per heavy atom. The smallest absolute Gasteiger partial charge is 0.387 e. The summed E-state index contributed by atoms with van der Waals surface area (Å²) in [5.41, 5.74) is 0.630. The molecule has 1 aliphatic rings. The molecule has 6 nitrogen and oxygen atoms in total. The predicted octanol–water partition coefficient (Wildman–Crippen LogP) is 2.39. The molecule has 26 heavy (non-hydrogen) atoms. The van der Waals surface area contributed by atoms with E-state index in [-0.39, 0.29) is 23.3 Å². The number of amides is 2. The van der Waals surface area contributed by atoms with Crippen LogP contribution in [0.25, 0.3) is 6.08 Å². The highest BCUT2D eigenvalue weighted by Gasteiger charge is 2.20. The van der Waals surface area contributed by atoms with Crippen LogP contribution in [0, 0.1) is 0 Å². The van der Waals surface area contributed by atoms with Crippen LogP contribution in [0.15, 0.2) is 24.3 Å². The fourth-order valence-electron chi connectivity index (χ4n) is 2.60. The van der Waals surface area contributed by atoms with Gasteiger partial charge in [0.05, 0.1) is 6.61 Å².